The van der Waals surface area contributed by atoms with Gasteiger partial charge in [-0.1, -0.05) is 11.6 Å². The lowest BCUT2D eigenvalue weighted by molar-refractivity contribution is 0.143. The van der Waals surface area contributed by atoms with E-state index in [4.69, 9.17) is 21.6 Å². The molecule has 2 aromatic heterocycles. The molecular weight excluding hydrogens is 460 g/mol. The smallest absolute Gasteiger partial charge is 0.228 e. The standard InChI is InChI=1S/C23H29ClN6O2S/c24-15-11-25-20(26-12-15)14-8-16-10-17(9-14)30(16)22-27-18-4-1-2-7-33(32)19(18)21(28-22)29-23(13-31)5-3-6-23/h11-12,14,16-17,31H,1-10,13H2,(H,27,28,29). The van der Waals surface area contributed by atoms with Crippen LogP contribution in [0.2, 0.25) is 5.02 Å². The van der Waals surface area contributed by atoms with Crippen LogP contribution in [-0.2, 0) is 17.2 Å². The number of aromatic nitrogens is 4. The van der Waals surface area contributed by atoms with E-state index in [2.05, 4.69) is 20.2 Å². The maximum Gasteiger partial charge on any atom is 0.228 e. The Kier molecular flexibility index (Phi) is 5.54. The molecule has 7 rings (SSSR count). The van der Waals surface area contributed by atoms with Crippen LogP contribution in [0.5, 0.6) is 0 Å². The first kappa shape index (κ1) is 21.7. The Morgan fingerprint density at radius 1 is 1.12 bits per heavy atom. The van der Waals surface area contributed by atoms with Gasteiger partial charge in [0, 0.05) is 36.1 Å². The van der Waals surface area contributed by atoms with Crippen molar-refractivity contribution in [1.29, 1.82) is 0 Å². The maximum absolute atomic E-state index is 13.1. The van der Waals surface area contributed by atoms with Gasteiger partial charge in [-0.2, -0.15) is 4.98 Å². The zero-order chi connectivity index (χ0) is 22.6. The highest BCUT2D eigenvalue weighted by Crippen LogP contribution is 2.47. The van der Waals surface area contributed by atoms with E-state index in [0.29, 0.717) is 34.6 Å². The molecular formula is C23H29ClN6O2S. The molecule has 0 amide bonds. The monoisotopic (exact) mass is 488 g/mol. The van der Waals surface area contributed by atoms with Crippen molar-refractivity contribution in [3.63, 3.8) is 0 Å². The molecule has 8 nitrogen and oxygen atoms in total. The molecule has 3 aliphatic heterocycles. The third-order valence-electron chi connectivity index (χ3n) is 7.82. The van der Waals surface area contributed by atoms with E-state index in [1.54, 1.807) is 12.4 Å². The minimum atomic E-state index is -1.12. The van der Waals surface area contributed by atoms with Crippen LogP contribution in [0.1, 0.15) is 68.8 Å². The highest BCUT2D eigenvalue weighted by atomic mass is 35.5. The molecule has 2 N–H and O–H groups in total. The molecule has 0 spiro atoms. The lowest BCUT2D eigenvalue weighted by atomic mass is 9.73. The van der Waals surface area contributed by atoms with Gasteiger partial charge in [0.15, 0.2) is 0 Å². The number of aliphatic hydroxyl groups excluding tert-OH is 1. The predicted molar refractivity (Wildman–Crippen MR) is 127 cm³/mol. The molecule has 2 aliphatic carbocycles. The van der Waals surface area contributed by atoms with Crippen LogP contribution in [0.15, 0.2) is 17.3 Å². The quantitative estimate of drug-likeness (QED) is 0.661. The van der Waals surface area contributed by atoms with Crippen molar-refractivity contribution in [2.45, 2.75) is 86.2 Å². The molecule has 10 heteroatoms. The first-order valence-electron chi connectivity index (χ1n) is 12.0. The molecule has 0 radical (unpaired) electrons. The van der Waals surface area contributed by atoms with Gasteiger partial charge in [0.05, 0.1) is 33.7 Å². The number of fused-ring (bicyclic) bond motifs is 3. The molecule has 2 bridgehead atoms. The topological polar surface area (TPSA) is 104 Å². The van der Waals surface area contributed by atoms with E-state index >= 15 is 0 Å². The van der Waals surface area contributed by atoms with E-state index in [9.17, 15) is 9.32 Å². The summed E-state index contributed by atoms with van der Waals surface area (Å²) in [6, 6.07) is 0.705. The Labute approximate surface area is 201 Å². The molecule has 2 saturated carbocycles. The zero-order valence-electron chi connectivity index (χ0n) is 18.5. The van der Waals surface area contributed by atoms with Crippen LogP contribution in [0.4, 0.5) is 11.8 Å². The molecule has 4 fully saturated rings. The fraction of sp³-hybridized carbons (Fsp3) is 0.652. The summed E-state index contributed by atoms with van der Waals surface area (Å²) in [5.41, 5.74) is 0.561. The Hall–Kier alpha value is -1.84. The first-order valence-corrected chi connectivity index (χ1v) is 13.7. The summed E-state index contributed by atoms with van der Waals surface area (Å²) < 4.78 is 13.1. The van der Waals surface area contributed by atoms with Gasteiger partial charge in [-0.25, -0.2) is 15.0 Å². The van der Waals surface area contributed by atoms with Crippen LogP contribution in [0.25, 0.3) is 0 Å². The van der Waals surface area contributed by atoms with Crippen molar-refractivity contribution in [3.8, 4) is 0 Å². The fourth-order valence-electron chi connectivity index (χ4n) is 5.84. The summed E-state index contributed by atoms with van der Waals surface area (Å²) in [6.45, 7) is 0.0610. The highest BCUT2D eigenvalue weighted by Gasteiger charge is 2.48. The van der Waals surface area contributed by atoms with E-state index in [1.165, 1.54) is 0 Å². The number of hydrogen-bond acceptors (Lipinski definition) is 8. The van der Waals surface area contributed by atoms with E-state index < -0.39 is 10.8 Å². The second-order valence-electron chi connectivity index (χ2n) is 9.95. The summed E-state index contributed by atoms with van der Waals surface area (Å²) in [5, 5.41) is 14.1. The molecule has 176 valence electrons. The Morgan fingerprint density at radius 3 is 2.55 bits per heavy atom. The number of aryl methyl sites for hydroxylation is 1. The Bertz CT molecular complexity index is 1060. The summed E-state index contributed by atoms with van der Waals surface area (Å²) in [4.78, 5) is 21.9. The SMILES string of the molecule is O=S1CCCCc2nc(N3C4CC(c5ncc(Cl)cn5)CC3C4)nc(NC3(CO)CCC3)c21. The lowest BCUT2D eigenvalue weighted by Gasteiger charge is -2.55. The van der Waals surface area contributed by atoms with Gasteiger partial charge >= 0.3 is 0 Å². The Balaban J connectivity index is 1.31. The van der Waals surface area contributed by atoms with Crippen LogP contribution >= 0.6 is 11.6 Å². The van der Waals surface area contributed by atoms with Crippen LogP contribution < -0.4 is 10.2 Å². The van der Waals surface area contributed by atoms with Crippen molar-refractivity contribution in [1.82, 2.24) is 19.9 Å². The summed E-state index contributed by atoms with van der Waals surface area (Å²) >= 11 is 5.96. The van der Waals surface area contributed by atoms with Gasteiger partial charge in [0.2, 0.25) is 5.95 Å². The molecule has 0 aromatic carbocycles. The first-order chi connectivity index (χ1) is 16.0. The number of halogens is 1. The van der Waals surface area contributed by atoms with Gasteiger partial charge < -0.3 is 15.3 Å². The van der Waals surface area contributed by atoms with Crippen molar-refractivity contribution in [3.05, 3.63) is 28.9 Å². The van der Waals surface area contributed by atoms with Gasteiger partial charge in [0.25, 0.3) is 0 Å². The van der Waals surface area contributed by atoms with E-state index in [-0.39, 0.29) is 12.1 Å². The summed E-state index contributed by atoms with van der Waals surface area (Å²) in [7, 11) is -1.12. The molecule has 3 atom stereocenters. The largest absolute Gasteiger partial charge is 0.394 e. The number of anilines is 2. The number of nitrogens with one attached hydrogen (secondary N) is 1. The zero-order valence-corrected chi connectivity index (χ0v) is 20.1. The fourth-order valence-corrected chi connectivity index (χ4v) is 7.33. The van der Waals surface area contributed by atoms with Crippen LogP contribution in [0, 0.1) is 0 Å². The van der Waals surface area contributed by atoms with Crippen molar-refractivity contribution < 1.29 is 9.32 Å². The molecule has 2 saturated heterocycles. The number of rotatable bonds is 5. The number of piperidine rings is 1. The van der Waals surface area contributed by atoms with E-state index in [0.717, 1.165) is 80.1 Å². The molecule has 2 aromatic rings. The third-order valence-corrected chi connectivity index (χ3v) is 9.56. The second kappa shape index (κ2) is 8.43. The summed E-state index contributed by atoms with van der Waals surface area (Å²) in [5.74, 6) is 3.24. The average Bonchev–Trinajstić information content (AvgIpc) is 2.98. The average molecular weight is 489 g/mol. The summed E-state index contributed by atoms with van der Waals surface area (Å²) in [6.07, 6.45) is 12.0. The minimum Gasteiger partial charge on any atom is -0.394 e. The molecule has 33 heavy (non-hydrogen) atoms. The molecule has 5 aliphatic rings. The minimum absolute atomic E-state index is 0.0610. The lowest BCUT2D eigenvalue weighted by Crippen LogP contribution is -2.61. The third kappa shape index (κ3) is 3.82. The van der Waals surface area contributed by atoms with Crippen molar-refractivity contribution in [2.75, 3.05) is 22.6 Å². The van der Waals surface area contributed by atoms with Crippen molar-refractivity contribution in [2.24, 2.45) is 0 Å². The number of hydrogen-bond donors (Lipinski definition) is 2. The normalized spacial score (nSPS) is 29.9. The van der Waals surface area contributed by atoms with Gasteiger partial charge in [-0.3, -0.25) is 4.21 Å². The van der Waals surface area contributed by atoms with Gasteiger partial charge in [-0.05, 0) is 57.8 Å². The predicted octanol–water partition coefficient (Wildman–Crippen LogP) is 3.22. The molecule has 5 heterocycles. The van der Waals surface area contributed by atoms with E-state index in [1.807, 2.05) is 0 Å². The van der Waals surface area contributed by atoms with Gasteiger partial charge in [0.1, 0.15) is 16.5 Å². The highest BCUT2D eigenvalue weighted by molar-refractivity contribution is 7.85. The second-order valence-corrected chi connectivity index (χ2v) is 11.9. The molecule has 3 unspecified atom stereocenters. The van der Waals surface area contributed by atoms with Gasteiger partial charge in [-0.15, -0.1) is 0 Å². The number of aliphatic hydroxyl groups is 1. The van der Waals surface area contributed by atoms with Crippen LogP contribution in [0.3, 0.4) is 0 Å². The Morgan fingerprint density at radius 2 is 1.88 bits per heavy atom. The number of nitrogens with zero attached hydrogens (tertiary/aromatic N) is 5. The van der Waals surface area contributed by atoms with Crippen LogP contribution in [-0.4, -0.2) is 59.2 Å². The maximum atomic E-state index is 13.1. The van der Waals surface area contributed by atoms with Crippen molar-refractivity contribution >= 4 is 34.2 Å².